The number of hydrogen-bond acceptors (Lipinski definition) is 2. The van der Waals surface area contributed by atoms with Crippen molar-refractivity contribution in [3.63, 3.8) is 0 Å². The summed E-state index contributed by atoms with van der Waals surface area (Å²) in [5.41, 5.74) is 0.820. The van der Waals surface area contributed by atoms with Crippen molar-refractivity contribution in [2.24, 2.45) is 5.92 Å². The van der Waals surface area contributed by atoms with Crippen LogP contribution in [0.2, 0.25) is 0 Å². The summed E-state index contributed by atoms with van der Waals surface area (Å²) in [7, 11) is 0. The van der Waals surface area contributed by atoms with Crippen molar-refractivity contribution < 1.29 is 14.0 Å². The molecule has 2 rings (SSSR count). The number of nitrogens with one attached hydrogen (secondary N) is 1. The molecule has 0 aliphatic carbocycles. The molecule has 114 valence electrons. The predicted octanol–water partition coefficient (Wildman–Crippen LogP) is 2.09. The second-order valence-corrected chi connectivity index (χ2v) is 5.97. The van der Waals surface area contributed by atoms with Crippen LogP contribution in [0, 0.1) is 11.7 Å². The number of carbonyl (C=O) groups excluding carboxylic acids is 2. The van der Waals surface area contributed by atoms with Gasteiger partial charge in [0.2, 0.25) is 11.8 Å². The lowest BCUT2D eigenvalue weighted by Gasteiger charge is -2.38. The van der Waals surface area contributed by atoms with E-state index in [1.807, 2.05) is 13.8 Å². The van der Waals surface area contributed by atoms with Gasteiger partial charge in [-0.15, -0.1) is 0 Å². The number of carbonyl (C=O) groups is 2. The van der Waals surface area contributed by atoms with Crippen LogP contribution >= 0.6 is 0 Å². The number of halogens is 1. The van der Waals surface area contributed by atoms with Gasteiger partial charge in [-0.2, -0.15) is 0 Å². The molecule has 0 radical (unpaired) electrons. The Morgan fingerprint density at radius 1 is 1.24 bits per heavy atom. The number of rotatable bonds is 4. The summed E-state index contributed by atoms with van der Waals surface area (Å²) in [6.07, 6.45) is 0.617. The molecule has 2 amide bonds. The SMILES string of the molecule is CC(C)CC1C(=O)NC(C)C(=O)N1Cc1ccc(F)cc1. The van der Waals surface area contributed by atoms with Gasteiger partial charge in [0.1, 0.15) is 17.9 Å². The zero-order valence-electron chi connectivity index (χ0n) is 12.6. The number of hydrogen-bond donors (Lipinski definition) is 1. The van der Waals surface area contributed by atoms with E-state index in [-0.39, 0.29) is 17.6 Å². The molecule has 0 aromatic heterocycles. The van der Waals surface area contributed by atoms with E-state index in [1.165, 1.54) is 12.1 Å². The van der Waals surface area contributed by atoms with Gasteiger partial charge in [0, 0.05) is 6.54 Å². The first kappa shape index (κ1) is 15.5. The largest absolute Gasteiger partial charge is 0.343 e. The first-order valence-corrected chi connectivity index (χ1v) is 7.23. The van der Waals surface area contributed by atoms with Crippen molar-refractivity contribution in [3.8, 4) is 0 Å². The Labute approximate surface area is 124 Å². The lowest BCUT2D eigenvalue weighted by atomic mass is 9.97. The van der Waals surface area contributed by atoms with Gasteiger partial charge < -0.3 is 10.2 Å². The van der Waals surface area contributed by atoms with Gasteiger partial charge in [-0.3, -0.25) is 9.59 Å². The minimum Gasteiger partial charge on any atom is -0.343 e. The quantitative estimate of drug-likeness (QED) is 0.924. The highest BCUT2D eigenvalue weighted by atomic mass is 19.1. The molecule has 5 heteroatoms. The van der Waals surface area contributed by atoms with Crippen molar-refractivity contribution in [3.05, 3.63) is 35.6 Å². The molecule has 1 saturated heterocycles. The second-order valence-electron chi connectivity index (χ2n) is 5.97. The van der Waals surface area contributed by atoms with E-state index in [4.69, 9.17) is 0 Å². The van der Waals surface area contributed by atoms with E-state index >= 15 is 0 Å². The standard InChI is InChI=1S/C16H21FN2O2/c1-10(2)8-14-15(20)18-11(3)16(21)19(14)9-12-4-6-13(17)7-5-12/h4-7,10-11,14H,8-9H2,1-3H3,(H,18,20). The van der Waals surface area contributed by atoms with Gasteiger partial charge >= 0.3 is 0 Å². The second kappa shape index (κ2) is 6.24. The zero-order valence-corrected chi connectivity index (χ0v) is 12.6. The normalized spacial score (nSPS) is 22.6. The first-order chi connectivity index (χ1) is 9.88. The summed E-state index contributed by atoms with van der Waals surface area (Å²) in [5, 5.41) is 2.72. The molecular weight excluding hydrogens is 271 g/mol. The van der Waals surface area contributed by atoms with E-state index in [1.54, 1.807) is 24.0 Å². The fourth-order valence-corrected chi connectivity index (χ4v) is 2.57. The van der Waals surface area contributed by atoms with E-state index in [9.17, 15) is 14.0 Å². The first-order valence-electron chi connectivity index (χ1n) is 7.23. The summed E-state index contributed by atoms with van der Waals surface area (Å²) >= 11 is 0. The molecule has 1 aliphatic heterocycles. The lowest BCUT2D eigenvalue weighted by Crippen LogP contribution is -2.62. The highest BCUT2D eigenvalue weighted by Gasteiger charge is 2.38. The molecule has 1 aromatic carbocycles. The lowest BCUT2D eigenvalue weighted by molar-refractivity contribution is -0.150. The van der Waals surface area contributed by atoms with Crippen LogP contribution in [0.4, 0.5) is 4.39 Å². The maximum absolute atomic E-state index is 13.0. The molecule has 0 bridgehead atoms. The van der Waals surface area contributed by atoms with Gasteiger partial charge in [-0.1, -0.05) is 26.0 Å². The van der Waals surface area contributed by atoms with E-state index in [0.29, 0.717) is 18.9 Å². The van der Waals surface area contributed by atoms with E-state index in [2.05, 4.69) is 5.32 Å². The molecule has 0 spiro atoms. The number of nitrogens with zero attached hydrogens (tertiary/aromatic N) is 1. The van der Waals surface area contributed by atoms with Crippen LogP contribution in [0.5, 0.6) is 0 Å². The van der Waals surface area contributed by atoms with Crippen LogP contribution in [0.3, 0.4) is 0 Å². The molecule has 2 unspecified atom stereocenters. The molecule has 2 atom stereocenters. The zero-order chi connectivity index (χ0) is 15.6. The maximum atomic E-state index is 13.0. The maximum Gasteiger partial charge on any atom is 0.245 e. The Balaban J connectivity index is 2.22. The molecule has 1 fully saturated rings. The van der Waals surface area contributed by atoms with Gasteiger partial charge in [0.15, 0.2) is 0 Å². The number of amides is 2. The van der Waals surface area contributed by atoms with Gasteiger partial charge in [-0.05, 0) is 37.0 Å². The van der Waals surface area contributed by atoms with Crippen molar-refractivity contribution in [2.45, 2.75) is 45.8 Å². The van der Waals surface area contributed by atoms with E-state index < -0.39 is 12.1 Å². The van der Waals surface area contributed by atoms with Gasteiger partial charge in [0.25, 0.3) is 0 Å². The third-order valence-corrected chi connectivity index (χ3v) is 3.65. The molecule has 4 nitrogen and oxygen atoms in total. The Bertz CT molecular complexity index is 528. The van der Waals surface area contributed by atoms with Gasteiger partial charge in [0.05, 0.1) is 0 Å². The fraction of sp³-hybridized carbons (Fsp3) is 0.500. The Morgan fingerprint density at radius 2 is 1.86 bits per heavy atom. The summed E-state index contributed by atoms with van der Waals surface area (Å²) in [6.45, 7) is 6.05. The summed E-state index contributed by atoms with van der Waals surface area (Å²) in [4.78, 5) is 26.2. The van der Waals surface area contributed by atoms with Crippen molar-refractivity contribution in [2.75, 3.05) is 0 Å². The molecule has 0 saturated carbocycles. The molecular formula is C16H21FN2O2. The topological polar surface area (TPSA) is 49.4 Å². The van der Waals surface area contributed by atoms with Crippen LogP contribution in [0.25, 0.3) is 0 Å². The van der Waals surface area contributed by atoms with Crippen molar-refractivity contribution in [1.82, 2.24) is 10.2 Å². The molecule has 1 aliphatic rings. The number of benzene rings is 1. The molecule has 21 heavy (non-hydrogen) atoms. The average molecular weight is 292 g/mol. The van der Waals surface area contributed by atoms with E-state index in [0.717, 1.165) is 5.56 Å². The minimum absolute atomic E-state index is 0.0930. The Morgan fingerprint density at radius 3 is 2.43 bits per heavy atom. The van der Waals surface area contributed by atoms with Gasteiger partial charge in [-0.25, -0.2) is 4.39 Å². The summed E-state index contributed by atoms with van der Waals surface area (Å²) in [5.74, 6) is -0.214. The summed E-state index contributed by atoms with van der Waals surface area (Å²) < 4.78 is 13.0. The van der Waals surface area contributed by atoms with Crippen LogP contribution < -0.4 is 5.32 Å². The van der Waals surface area contributed by atoms with Crippen LogP contribution in [0.15, 0.2) is 24.3 Å². The third-order valence-electron chi connectivity index (χ3n) is 3.65. The summed E-state index contributed by atoms with van der Waals surface area (Å²) in [6, 6.07) is 5.05. The fourth-order valence-electron chi connectivity index (χ4n) is 2.57. The molecule has 1 heterocycles. The third kappa shape index (κ3) is 3.60. The number of piperazine rings is 1. The molecule has 1 N–H and O–H groups in total. The Hall–Kier alpha value is -1.91. The van der Waals surface area contributed by atoms with Crippen molar-refractivity contribution >= 4 is 11.8 Å². The van der Waals surface area contributed by atoms with Crippen LogP contribution in [-0.2, 0) is 16.1 Å². The molecule has 1 aromatic rings. The van der Waals surface area contributed by atoms with Crippen LogP contribution in [-0.4, -0.2) is 28.8 Å². The highest BCUT2D eigenvalue weighted by molar-refractivity contribution is 5.96. The monoisotopic (exact) mass is 292 g/mol. The minimum atomic E-state index is -0.513. The van der Waals surface area contributed by atoms with Crippen LogP contribution in [0.1, 0.15) is 32.8 Å². The Kier molecular flexibility index (Phi) is 4.60. The predicted molar refractivity (Wildman–Crippen MR) is 77.8 cm³/mol. The van der Waals surface area contributed by atoms with Crippen molar-refractivity contribution in [1.29, 1.82) is 0 Å². The highest BCUT2D eigenvalue weighted by Crippen LogP contribution is 2.20. The average Bonchev–Trinajstić information content (AvgIpc) is 2.42. The smallest absolute Gasteiger partial charge is 0.245 e.